The Kier molecular flexibility index (Phi) is 6.04. The molecule has 0 bridgehead atoms. The molecule has 4 aromatic carbocycles. The number of hydrogen-bond donors (Lipinski definition) is 1. The molecule has 0 radical (unpaired) electrons. The maximum absolute atomic E-state index is 14.0. The van der Waals surface area contributed by atoms with Gasteiger partial charge in [-0.25, -0.2) is 8.42 Å². The van der Waals surface area contributed by atoms with Gasteiger partial charge in [-0.1, -0.05) is 66.7 Å². The van der Waals surface area contributed by atoms with Gasteiger partial charge in [0, 0.05) is 10.8 Å². The van der Waals surface area contributed by atoms with Gasteiger partial charge in [-0.2, -0.15) is 5.10 Å². The van der Waals surface area contributed by atoms with E-state index >= 15 is 0 Å². The van der Waals surface area contributed by atoms with Gasteiger partial charge in [0.05, 0.1) is 23.6 Å². The topological polar surface area (TPSA) is 87.2 Å². The molecular weight excluding hydrogens is 446 g/mol. The van der Waals surface area contributed by atoms with Crippen LogP contribution in [0, 0.1) is 0 Å². The molecule has 0 aliphatic heterocycles. The Labute approximate surface area is 198 Å². The van der Waals surface area contributed by atoms with Crippen LogP contribution in [0.2, 0.25) is 0 Å². The quantitative estimate of drug-likeness (QED) is 0.329. The van der Waals surface area contributed by atoms with Crippen molar-refractivity contribution in [2.45, 2.75) is 22.9 Å². The Balaban J connectivity index is 1.68. The molecule has 172 valence electrons. The minimum atomic E-state index is -3.91. The number of nitrogens with two attached hydrogens (primary N) is 1. The summed E-state index contributed by atoms with van der Waals surface area (Å²) in [5, 5.41) is 6.73. The lowest BCUT2D eigenvalue weighted by molar-refractivity contribution is 0.314. The molecule has 0 fully saturated rings. The number of rotatable bonds is 8. The lowest BCUT2D eigenvalue weighted by atomic mass is 10.1. The first-order chi connectivity index (χ1) is 16.6. The number of benzene rings is 4. The molecule has 6 nitrogen and oxygen atoms in total. The van der Waals surface area contributed by atoms with Crippen molar-refractivity contribution in [2.24, 2.45) is 5.73 Å². The first-order valence-electron chi connectivity index (χ1n) is 11.2. The van der Waals surface area contributed by atoms with E-state index in [0.717, 1.165) is 16.5 Å². The van der Waals surface area contributed by atoms with Crippen LogP contribution in [0.1, 0.15) is 12.0 Å². The van der Waals surface area contributed by atoms with E-state index in [0.29, 0.717) is 42.6 Å². The molecule has 0 aliphatic carbocycles. The van der Waals surface area contributed by atoms with Crippen molar-refractivity contribution in [1.29, 1.82) is 0 Å². The van der Waals surface area contributed by atoms with E-state index in [1.807, 2.05) is 72.8 Å². The summed E-state index contributed by atoms with van der Waals surface area (Å²) in [5.41, 5.74) is 7.34. The van der Waals surface area contributed by atoms with Gasteiger partial charge < -0.3 is 10.5 Å². The predicted molar refractivity (Wildman–Crippen MR) is 134 cm³/mol. The third kappa shape index (κ3) is 4.16. The fraction of sp³-hybridized carbons (Fsp3) is 0.148. The normalized spacial score (nSPS) is 11.8. The van der Waals surface area contributed by atoms with Crippen molar-refractivity contribution in [2.75, 3.05) is 13.2 Å². The summed E-state index contributed by atoms with van der Waals surface area (Å²) in [5.74, 6) is 0.592. The van der Waals surface area contributed by atoms with Gasteiger partial charge in [0.2, 0.25) is 9.84 Å². The van der Waals surface area contributed by atoms with E-state index in [1.54, 1.807) is 22.9 Å². The minimum Gasteiger partial charge on any atom is -0.494 e. The summed E-state index contributed by atoms with van der Waals surface area (Å²) in [6.07, 6.45) is 0.715. The maximum atomic E-state index is 14.0. The molecule has 0 saturated heterocycles. The number of fused-ring (bicyclic) bond motifs is 2. The summed E-state index contributed by atoms with van der Waals surface area (Å²) in [6.45, 7) is 1.44. The number of ether oxygens (including phenoxy) is 1. The van der Waals surface area contributed by atoms with Gasteiger partial charge in [0.25, 0.3) is 0 Å². The molecule has 2 N–H and O–H groups in total. The fourth-order valence-corrected chi connectivity index (χ4v) is 5.70. The number of hydrogen-bond acceptors (Lipinski definition) is 5. The van der Waals surface area contributed by atoms with E-state index in [2.05, 4.69) is 5.10 Å². The monoisotopic (exact) mass is 471 g/mol. The van der Waals surface area contributed by atoms with E-state index < -0.39 is 9.84 Å². The second-order valence-electron chi connectivity index (χ2n) is 8.10. The molecule has 0 aliphatic rings. The van der Waals surface area contributed by atoms with Crippen molar-refractivity contribution in [3.05, 3.63) is 96.6 Å². The van der Waals surface area contributed by atoms with Gasteiger partial charge in [-0.05, 0) is 48.2 Å². The van der Waals surface area contributed by atoms with Gasteiger partial charge in [-0.3, -0.25) is 4.68 Å². The van der Waals surface area contributed by atoms with Gasteiger partial charge >= 0.3 is 0 Å². The summed E-state index contributed by atoms with van der Waals surface area (Å²) in [4.78, 5) is 0.242. The molecule has 0 unspecified atom stereocenters. The van der Waals surface area contributed by atoms with Gasteiger partial charge in [0.1, 0.15) is 5.75 Å². The molecule has 1 heterocycles. The summed E-state index contributed by atoms with van der Waals surface area (Å²) < 4.78 is 35.5. The zero-order valence-electron chi connectivity index (χ0n) is 18.6. The molecule has 0 spiro atoms. The van der Waals surface area contributed by atoms with Crippen molar-refractivity contribution < 1.29 is 13.2 Å². The summed E-state index contributed by atoms with van der Waals surface area (Å²) in [7, 11) is -3.91. The lowest BCUT2D eigenvalue weighted by Crippen LogP contribution is -2.07. The van der Waals surface area contributed by atoms with Crippen LogP contribution in [-0.4, -0.2) is 31.3 Å². The zero-order chi connectivity index (χ0) is 23.5. The Hall–Kier alpha value is -3.68. The van der Waals surface area contributed by atoms with Crippen molar-refractivity contribution >= 4 is 31.5 Å². The van der Waals surface area contributed by atoms with Crippen LogP contribution >= 0.6 is 0 Å². The smallest absolute Gasteiger partial charge is 0.226 e. The number of aromatic nitrogens is 2. The van der Waals surface area contributed by atoms with Crippen molar-refractivity contribution in [1.82, 2.24) is 9.78 Å². The van der Waals surface area contributed by atoms with Crippen molar-refractivity contribution in [3.63, 3.8) is 0 Å². The van der Waals surface area contributed by atoms with Crippen LogP contribution < -0.4 is 10.5 Å². The van der Waals surface area contributed by atoms with Crippen LogP contribution in [0.4, 0.5) is 0 Å². The minimum absolute atomic E-state index is 0.0269. The van der Waals surface area contributed by atoms with E-state index in [9.17, 15) is 8.42 Å². The molecule has 0 saturated carbocycles. The van der Waals surface area contributed by atoms with Gasteiger partial charge in [0.15, 0.2) is 5.03 Å². The van der Waals surface area contributed by atoms with Crippen LogP contribution in [0.3, 0.4) is 0 Å². The highest BCUT2D eigenvalue weighted by molar-refractivity contribution is 7.91. The highest BCUT2D eigenvalue weighted by atomic mass is 32.2. The molecule has 0 amide bonds. The Bertz CT molecular complexity index is 1560. The average Bonchev–Trinajstić information content (AvgIpc) is 3.23. The highest BCUT2D eigenvalue weighted by Crippen LogP contribution is 2.34. The summed E-state index contributed by atoms with van der Waals surface area (Å²) >= 11 is 0. The third-order valence-electron chi connectivity index (χ3n) is 5.77. The zero-order valence-corrected chi connectivity index (χ0v) is 19.4. The standard InChI is InChI=1S/C27H25N3O3S/c28-16-7-17-33-22-14-15-25-24(18-22)27(29-30(25)19-20-8-2-1-3-9-20)34(31,32)26-13-6-11-21-10-4-5-12-23(21)26/h1-6,8-15,18H,7,16-17,19,28H2. The largest absolute Gasteiger partial charge is 0.494 e. The Morgan fingerprint density at radius 1 is 0.853 bits per heavy atom. The fourth-order valence-electron chi connectivity index (χ4n) is 4.10. The SMILES string of the molecule is NCCCOc1ccc2c(c1)c(S(=O)(=O)c1cccc3ccccc13)nn2Cc1ccccc1. The molecule has 34 heavy (non-hydrogen) atoms. The maximum Gasteiger partial charge on any atom is 0.226 e. The first kappa shape index (κ1) is 22.1. The van der Waals surface area contributed by atoms with Crippen LogP contribution in [0.15, 0.2) is 101 Å². The highest BCUT2D eigenvalue weighted by Gasteiger charge is 2.27. The van der Waals surface area contributed by atoms with E-state index in [-0.39, 0.29) is 9.92 Å². The van der Waals surface area contributed by atoms with Crippen molar-refractivity contribution in [3.8, 4) is 5.75 Å². The third-order valence-corrected chi connectivity index (χ3v) is 7.52. The molecule has 5 aromatic rings. The number of nitrogens with zero attached hydrogens (tertiary/aromatic N) is 2. The molecule has 0 atom stereocenters. The number of sulfone groups is 1. The van der Waals surface area contributed by atoms with Gasteiger partial charge in [-0.15, -0.1) is 0 Å². The Morgan fingerprint density at radius 2 is 1.62 bits per heavy atom. The summed E-state index contributed by atoms with van der Waals surface area (Å²) in [6, 6.07) is 28.1. The van der Waals surface area contributed by atoms with Crippen LogP contribution in [0.25, 0.3) is 21.7 Å². The molecule has 5 rings (SSSR count). The molecule has 7 heteroatoms. The van der Waals surface area contributed by atoms with E-state index in [4.69, 9.17) is 10.5 Å². The van der Waals surface area contributed by atoms with E-state index in [1.165, 1.54) is 0 Å². The lowest BCUT2D eigenvalue weighted by Gasteiger charge is -2.08. The van der Waals surface area contributed by atoms with Crippen LogP contribution in [-0.2, 0) is 16.4 Å². The Morgan fingerprint density at radius 3 is 2.44 bits per heavy atom. The molecular formula is C27H25N3O3S. The second-order valence-corrected chi connectivity index (χ2v) is 9.93. The van der Waals surface area contributed by atoms with Crippen LogP contribution in [0.5, 0.6) is 5.75 Å². The predicted octanol–water partition coefficient (Wildman–Crippen LogP) is 4.80. The first-order valence-corrected chi connectivity index (χ1v) is 12.7. The molecule has 1 aromatic heterocycles. The second kappa shape index (κ2) is 9.29. The average molecular weight is 472 g/mol.